The lowest BCUT2D eigenvalue weighted by atomic mass is 9.66. The first kappa shape index (κ1) is 16.2. The Hall–Kier alpha value is -0.830. The summed E-state index contributed by atoms with van der Waals surface area (Å²) in [6.07, 6.45) is 3.79. The average Bonchev–Trinajstić information content (AvgIpc) is 2.12. The van der Waals surface area contributed by atoms with Crippen molar-refractivity contribution in [2.45, 2.75) is 47.6 Å². The Balaban J connectivity index is 4.90. The molecule has 0 spiro atoms. The fourth-order valence-corrected chi connectivity index (χ4v) is 2.32. The molecule has 0 amide bonds. The number of carbonyl (C=O) groups excluding carboxylic acids is 1. The molecule has 100 valence electrons. The third-order valence-electron chi connectivity index (χ3n) is 2.85. The van der Waals surface area contributed by atoms with Gasteiger partial charge in [-0.15, -0.1) is 0 Å². The van der Waals surface area contributed by atoms with Crippen LogP contribution in [0.1, 0.15) is 41.5 Å². The van der Waals surface area contributed by atoms with E-state index < -0.39 is 12.0 Å². The van der Waals surface area contributed by atoms with Crippen molar-refractivity contribution in [3.63, 3.8) is 0 Å². The van der Waals surface area contributed by atoms with Crippen molar-refractivity contribution in [3.05, 3.63) is 12.2 Å². The summed E-state index contributed by atoms with van der Waals surface area (Å²) < 4.78 is 4.60. The molecule has 0 fully saturated rings. The van der Waals surface area contributed by atoms with Gasteiger partial charge in [0.15, 0.2) is 0 Å². The largest absolute Gasteiger partial charge is 0.468 e. The van der Waals surface area contributed by atoms with Crippen molar-refractivity contribution in [2.75, 3.05) is 7.11 Å². The summed E-state index contributed by atoms with van der Waals surface area (Å²) in [7, 11) is 1.35. The minimum Gasteiger partial charge on any atom is -0.468 e. The summed E-state index contributed by atoms with van der Waals surface area (Å²) in [6, 6.07) is -0.674. The molecule has 0 aliphatic carbocycles. The maximum absolute atomic E-state index is 11.2. The van der Waals surface area contributed by atoms with Gasteiger partial charge >= 0.3 is 5.97 Å². The van der Waals surface area contributed by atoms with Crippen molar-refractivity contribution in [2.24, 2.45) is 22.5 Å². The zero-order valence-corrected chi connectivity index (χ0v) is 12.2. The van der Waals surface area contributed by atoms with Crippen LogP contribution in [0.5, 0.6) is 0 Å². The molecular formula is C14H27NO2. The van der Waals surface area contributed by atoms with Gasteiger partial charge in [-0.3, -0.25) is 4.79 Å². The number of hydrogen-bond donors (Lipinski definition) is 1. The zero-order valence-electron chi connectivity index (χ0n) is 12.2. The molecule has 0 radical (unpaired) electrons. The van der Waals surface area contributed by atoms with E-state index in [4.69, 9.17) is 5.73 Å². The monoisotopic (exact) mass is 241 g/mol. The van der Waals surface area contributed by atoms with Gasteiger partial charge in [0.05, 0.1) is 7.11 Å². The molecule has 0 aromatic carbocycles. The van der Waals surface area contributed by atoms with Crippen LogP contribution in [0.3, 0.4) is 0 Å². The second-order valence-electron chi connectivity index (χ2n) is 6.64. The fraction of sp³-hybridized carbons (Fsp3) is 0.786. The highest BCUT2D eigenvalue weighted by molar-refractivity contribution is 5.77. The molecule has 0 aromatic heterocycles. The lowest BCUT2D eigenvalue weighted by Crippen LogP contribution is -2.33. The molecule has 0 heterocycles. The number of rotatable bonds is 3. The maximum atomic E-state index is 11.2. The first-order valence-electron chi connectivity index (χ1n) is 6.02. The Morgan fingerprint density at radius 1 is 1.06 bits per heavy atom. The maximum Gasteiger partial charge on any atom is 0.326 e. The Kier molecular flexibility index (Phi) is 5.40. The van der Waals surface area contributed by atoms with Crippen LogP contribution < -0.4 is 5.73 Å². The van der Waals surface area contributed by atoms with Crippen molar-refractivity contribution in [1.29, 1.82) is 0 Å². The summed E-state index contributed by atoms with van der Waals surface area (Å²) in [5.41, 5.74) is 5.96. The van der Waals surface area contributed by atoms with E-state index in [1.807, 2.05) is 6.08 Å². The number of hydrogen-bond acceptors (Lipinski definition) is 3. The highest BCUT2D eigenvalue weighted by Crippen LogP contribution is 2.40. The summed E-state index contributed by atoms with van der Waals surface area (Å²) >= 11 is 0. The topological polar surface area (TPSA) is 52.3 Å². The summed E-state index contributed by atoms with van der Waals surface area (Å²) in [5, 5.41) is 0. The molecule has 3 nitrogen and oxygen atoms in total. The number of methoxy groups -OCH3 is 1. The van der Waals surface area contributed by atoms with Crippen molar-refractivity contribution in [1.82, 2.24) is 0 Å². The van der Waals surface area contributed by atoms with Gasteiger partial charge in [-0.2, -0.15) is 0 Å². The predicted molar refractivity (Wildman–Crippen MR) is 71.5 cm³/mol. The van der Waals surface area contributed by atoms with E-state index in [-0.39, 0.29) is 10.8 Å². The van der Waals surface area contributed by atoms with Crippen LogP contribution in [0.15, 0.2) is 12.2 Å². The van der Waals surface area contributed by atoms with Crippen LogP contribution in [0.25, 0.3) is 0 Å². The second kappa shape index (κ2) is 5.67. The molecular weight excluding hydrogens is 214 g/mol. The molecule has 1 atom stereocenters. The minimum absolute atomic E-state index is 0.130. The van der Waals surface area contributed by atoms with Crippen molar-refractivity contribution in [3.8, 4) is 0 Å². The van der Waals surface area contributed by atoms with Gasteiger partial charge in [0, 0.05) is 0 Å². The lowest BCUT2D eigenvalue weighted by Gasteiger charge is -2.39. The zero-order chi connectivity index (χ0) is 13.9. The van der Waals surface area contributed by atoms with Crippen LogP contribution in [0.2, 0.25) is 0 Å². The molecule has 0 aliphatic rings. The Morgan fingerprint density at radius 3 is 1.76 bits per heavy atom. The highest BCUT2D eigenvalue weighted by Gasteiger charge is 2.32. The Morgan fingerprint density at radius 2 is 1.47 bits per heavy atom. The first-order chi connectivity index (χ1) is 7.50. The van der Waals surface area contributed by atoms with E-state index in [9.17, 15) is 4.79 Å². The Labute approximate surface area is 105 Å². The van der Waals surface area contributed by atoms with E-state index in [1.165, 1.54) is 7.11 Å². The van der Waals surface area contributed by atoms with Gasteiger partial charge in [0.1, 0.15) is 6.04 Å². The van der Waals surface area contributed by atoms with E-state index in [0.717, 1.165) is 0 Å². The van der Waals surface area contributed by atoms with E-state index in [0.29, 0.717) is 5.92 Å². The molecule has 3 heteroatoms. The van der Waals surface area contributed by atoms with Crippen LogP contribution in [0, 0.1) is 16.7 Å². The van der Waals surface area contributed by atoms with Crippen LogP contribution in [-0.2, 0) is 9.53 Å². The third-order valence-corrected chi connectivity index (χ3v) is 2.85. The number of carbonyl (C=O) groups is 1. The van der Waals surface area contributed by atoms with Gasteiger partial charge < -0.3 is 10.5 Å². The van der Waals surface area contributed by atoms with E-state index in [2.05, 4.69) is 46.3 Å². The predicted octanol–water partition coefficient (Wildman–Crippen LogP) is 2.75. The molecule has 2 N–H and O–H groups in total. The SMILES string of the molecule is COC(=O)C(N)/C=C/C(C(C)(C)C)C(C)(C)C. The third kappa shape index (κ3) is 5.35. The first-order valence-corrected chi connectivity index (χ1v) is 6.02. The van der Waals surface area contributed by atoms with Crippen molar-refractivity contribution < 1.29 is 9.53 Å². The number of allylic oxidation sites excluding steroid dienone is 1. The van der Waals surface area contributed by atoms with Gasteiger partial charge in [0.25, 0.3) is 0 Å². The quantitative estimate of drug-likeness (QED) is 0.610. The lowest BCUT2D eigenvalue weighted by molar-refractivity contribution is -0.140. The summed E-state index contributed by atoms with van der Waals surface area (Å²) in [5.74, 6) is -0.0616. The summed E-state index contributed by atoms with van der Waals surface area (Å²) in [6.45, 7) is 13.1. The van der Waals surface area contributed by atoms with Gasteiger partial charge in [-0.05, 0) is 16.7 Å². The Bertz CT molecular complexity index is 268. The fourth-order valence-electron chi connectivity index (χ4n) is 2.32. The highest BCUT2D eigenvalue weighted by atomic mass is 16.5. The normalized spacial score (nSPS) is 15.4. The smallest absolute Gasteiger partial charge is 0.326 e. The number of nitrogens with two attached hydrogens (primary N) is 1. The van der Waals surface area contributed by atoms with Gasteiger partial charge in [-0.25, -0.2) is 0 Å². The molecule has 0 rings (SSSR count). The van der Waals surface area contributed by atoms with Gasteiger partial charge in [0.2, 0.25) is 0 Å². The van der Waals surface area contributed by atoms with Crippen LogP contribution in [-0.4, -0.2) is 19.1 Å². The molecule has 17 heavy (non-hydrogen) atoms. The minimum atomic E-state index is -0.674. The van der Waals surface area contributed by atoms with E-state index >= 15 is 0 Å². The van der Waals surface area contributed by atoms with Gasteiger partial charge in [-0.1, -0.05) is 53.7 Å². The van der Waals surface area contributed by atoms with Crippen molar-refractivity contribution >= 4 is 5.97 Å². The molecule has 1 unspecified atom stereocenters. The van der Waals surface area contributed by atoms with Crippen LogP contribution >= 0.6 is 0 Å². The van der Waals surface area contributed by atoms with E-state index in [1.54, 1.807) is 6.08 Å². The molecule has 0 aliphatic heterocycles. The summed E-state index contributed by atoms with van der Waals surface area (Å²) in [4.78, 5) is 11.2. The standard InChI is InChI=1S/C14H27NO2/c1-13(2,3)11(14(4,5)6)9-8-10(15)12(16)17-7/h8-11H,15H2,1-7H3/b9-8+. The van der Waals surface area contributed by atoms with Crippen LogP contribution in [0.4, 0.5) is 0 Å². The molecule has 0 saturated heterocycles. The average molecular weight is 241 g/mol. The second-order valence-corrected chi connectivity index (χ2v) is 6.64. The molecule has 0 aromatic rings. The number of esters is 1. The number of ether oxygens (including phenoxy) is 1. The molecule has 0 bridgehead atoms. The molecule has 0 saturated carbocycles.